The first-order chi connectivity index (χ1) is 14.9. The van der Waals surface area contributed by atoms with Crippen LogP contribution in [0.5, 0.6) is 0 Å². The quantitative estimate of drug-likeness (QED) is 0.500. The van der Waals surface area contributed by atoms with Crippen LogP contribution in [-0.2, 0) is 22.4 Å². The molecule has 1 amide bonds. The molecular weight excluding hydrogens is 441 g/mol. The highest BCUT2D eigenvalue weighted by Gasteiger charge is 2.32. The van der Waals surface area contributed by atoms with Gasteiger partial charge in [-0.2, -0.15) is 13.2 Å². The lowest BCUT2D eigenvalue weighted by atomic mass is 9.91. The molecule has 172 valence electrons. The number of oxime groups is 1. The number of nitrogens with zero attached hydrogens (tertiary/aromatic N) is 2. The van der Waals surface area contributed by atoms with E-state index in [-0.39, 0.29) is 36.9 Å². The van der Waals surface area contributed by atoms with E-state index < -0.39 is 11.7 Å². The van der Waals surface area contributed by atoms with E-state index in [1.165, 1.54) is 6.07 Å². The van der Waals surface area contributed by atoms with Gasteiger partial charge in [0, 0.05) is 24.4 Å². The molecule has 0 aliphatic carbocycles. The fraction of sp³-hybridized carbons (Fsp3) is 0.417. The zero-order valence-corrected chi connectivity index (χ0v) is 19.0. The first-order valence-corrected chi connectivity index (χ1v) is 10.7. The van der Waals surface area contributed by atoms with Crippen molar-refractivity contribution in [2.45, 2.75) is 52.4 Å². The van der Waals surface area contributed by atoms with Crippen LogP contribution in [0.4, 0.5) is 13.2 Å². The normalized spacial score (nSPS) is 16.5. The zero-order chi connectivity index (χ0) is 23.5. The van der Waals surface area contributed by atoms with Crippen molar-refractivity contribution < 1.29 is 22.8 Å². The predicted octanol–water partition coefficient (Wildman–Crippen LogP) is 6.32. The summed E-state index contributed by atoms with van der Waals surface area (Å²) in [6.45, 7) is 6.13. The minimum atomic E-state index is -4.44. The molecular formula is C24H26ClF3N2O2. The van der Waals surface area contributed by atoms with Gasteiger partial charge in [-0.3, -0.25) is 4.79 Å². The molecule has 1 atom stereocenters. The molecule has 1 aliphatic rings. The largest absolute Gasteiger partial charge is 0.416 e. The zero-order valence-electron chi connectivity index (χ0n) is 18.2. The average molecular weight is 467 g/mol. The lowest BCUT2D eigenvalue weighted by Crippen LogP contribution is -2.38. The Balaban J connectivity index is 1.74. The standard InChI is InChI=1S/C24H26ClF3N2O2/c1-23(2,3)13-22(31)30(14-16-5-4-6-18(11-16)24(26,27)28)15-20-12-21(29-32-20)17-7-9-19(25)10-8-17/h4-11,20H,12-15H2,1-3H3/t20-/m1/s1. The maximum atomic E-state index is 13.1. The summed E-state index contributed by atoms with van der Waals surface area (Å²) in [4.78, 5) is 20.1. The Labute approximate surface area is 191 Å². The molecule has 32 heavy (non-hydrogen) atoms. The highest BCUT2D eigenvalue weighted by atomic mass is 35.5. The van der Waals surface area contributed by atoms with E-state index in [4.69, 9.17) is 16.4 Å². The van der Waals surface area contributed by atoms with Crippen molar-refractivity contribution in [2.75, 3.05) is 6.54 Å². The van der Waals surface area contributed by atoms with Crippen molar-refractivity contribution in [1.82, 2.24) is 4.90 Å². The summed E-state index contributed by atoms with van der Waals surface area (Å²) in [7, 11) is 0. The van der Waals surface area contributed by atoms with Crippen molar-refractivity contribution >= 4 is 23.2 Å². The Morgan fingerprint density at radius 1 is 1.16 bits per heavy atom. The van der Waals surface area contributed by atoms with E-state index in [1.54, 1.807) is 23.1 Å². The lowest BCUT2D eigenvalue weighted by Gasteiger charge is -2.28. The van der Waals surface area contributed by atoms with Crippen LogP contribution in [-0.4, -0.2) is 29.2 Å². The monoisotopic (exact) mass is 466 g/mol. The fourth-order valence-corrected chi connectivity index (χ4v) is 3.60. The second-order valence-corrected chi connectivity index (χ2v) is 9.62. The van der Waals surface area contributed by atoms with E-state index in [9.17, 15) is 18.0 Å². The van der Waals surface area contributed by atoms with Gasteiger partial charge in [0.05, 0.1) is 17.8 Å². The SMILES string of the molecule is CC(C)(C)CC(=O)N(Cc1cccc(C(F)(F)F)c1)C[C@H]1CC(c2ccc(Cl)cc2)=NO1. The van der Waals surface area contributed by atoms with Gasteiger partial charge >= 0.3 is 6.18 Å². The van der Waals surface area contributed by atoms with E-state index in [0.29, 0.717) is 17.0 Å². The fourth-order valence-electron chi connectivity index (χ4n) is 3.47. The van der Waals surface area contributed by atoms with Crippen molar-refractivity contribution in [3.8, 4) is 0 Å². The van der Waals surface area contributed by atoms with Crippen LogP contribution in [0.3, 0.4) is 0 Å². The van der Waals surface area contributed by atoms with Crippen LogP contribution in [0, 0.1) is 5.41 Å². The van der Waals surface area contributed by atoms with Crippen LogP contribution in [0.25, 0.3) is 0 Å². The Hall–Kier alpha value is -2.54. The maximum Gasteiger partial charge on any atom is 0.416 e. The van der Waals surface area contributed by atoms with Crippen LogP contribution in [0.1, 0.15) is 50.3 Å². The first-order valence-electron chi connectivity index (χ1n) is 10.3. The Kier molecular flexibility index (Phi) is 7.18. The summed E-state index contributed by atoms with van der Waals surface area (Å²) < 4.78 is 39.4. The second kappa shape index (κ2) is 9.53. The molecule has 2 aromatic carbocycles. The number of halogens is 4. The molecule has 4 nitrogen and oxygen atoms in total. The van der Waals surface area contributed by atoms with Crippen LogP contribution in [0.15, 0.2) is 53.7 Å². The van der Waals surface area contributed by atoms with Crippen molar-refractivity contribution in [3.05, 3.63) is 70.2 Å². The van der Waals surface area contributed by atoms with Gasteiger partial charge in [-0.05, 0) is 40.8 Å². The van der Waals surface area contributed by atoms with E-state index in [0.717, 1.165) is 23.4 Å². The summed E-state index contributed by atoms with van der Waals surface area (Å²) in [6.07, 6.45) is -4.06. The number of rotatable bonds is 6. The summed E-state index contributed by atoms with van der Waals surface area (Å²) in [5.74, 6) is -0.140. The highest BCUT2D eigenvalue weighted by molar-refractivity contribution is 6.30. The number of amides is 1. The molecule has 0 aromatic heterocycles. The number of hydrogen-bond acceptors (Lipinski definition) is 3. The Bertz CT molecular complexity index is 982. The topological polar surface area (TPSA) is 41.9 Å². The van der Waals surface area contributed by atoms with Crippen LogP contribution < -0.4 is 0 Å². The molecule has 1 heterocycles. The molecule has 2 aromatic rings. The predicted molar refractivity (Wildman–Crippen MR) is 118 cm³/mol. The Morgan fingerprint density at radius 2 is 1.84 bits per heavy atom. The van der Waals surface area contributed by atoms with Crippen LogP contribution >= 0.6 is 11.6 Å². The highest BCUT2D eigenvalue weighted by Crippen LogP contribution is 2.30. The number of alkyl halides is 3. The van der Waals surface area contributed by atoms with Gasteiger partial charge in [-0.15, -0.1) is 0 Å². The molecule has 0 saturated carbocycles. The van der Waals surface area contributed by atoms with E-state index in [2.05, 4.69) is 5.16 Å². The minimum absolute atomic E-state index is 0.0645. The third-order valence-corrected chi connectivity index (χ3v) is 5.25. The third-order valence-electron chi connectivity index (χ3n) is 5.00. The molecule has 0 fully saturated rings. The number of hydrogen-bond donors (Lipinski definition) is 0. The summed E-state index contributed by atoms with van der Waals surface area (Å²) in [6, 6.07) is 12.3. The van der Waals surface area contributed by atoms with Gasteiger partial charge < -0.3 is 9.74 Å². The molecule has 0 bridgehead atoms. The van der Waals surface area contributed by atoms with Crippen molar-refractivity contribution in [1.29, 1.82) is 0 Å². The molecule has 0 radical (unpaired) electrons. The van der Waals surface area contributed by atoms with E-state index in [1.807, 2.05) is 32.9 Å². The second-order valence-electron chi connectivity index (χ2n) is 9.19. The first kappa shape index (κ1) is 24.1. The Morgan fingerprint density at radius 3 is 2.47 bits per heavy atom. The average Bonchev–Trinajstić information content (AvgIpc) is 3.15. The molecule has 0 N–H and O–H groups in total. The molecule has 3 rings (SSSR count). The van der Waals surface area contributed by atoms with Crippen molar-refractivity contribution in [2.24, 2.45) is 10.6 Å². The van der Waals surface area contributed by atoms with E-state index >= 15 is 0 Å². The van der Waals surface area contributed by atoms with Gasteiger partial charge in [0.1, 0.15) is 0 Å². The minimum Gasteiger partial charge on any atom is -0.390 e. The third kappa shape index (κ3) is 6.73. The maximum absolute atomic E-state index is 13.1. The van der Waals surface area contributed by atoms with Gasteiger partial charge in [-0.25, -0.2) is 0 Å². The van der Waals surface area contributed by atoms with Crippen LogP contribution in [0.2, 0.25) is 5.02 Å². The summed E-state index contributed by atoms with van der Waals surface area (Å²) >= 11 is 5.93. The van der Waals surface area contributed by atoms with Gasteiger partial charge in [0.25, 0.3) is 0 Å². The number of carbonyl (C=O) groups excluding carboxylic acids is 1. The molecule has 8 heteroatoms. The summed E-state index contributed by atoms with van der Waals surface area (Å²) in [5, 5.41) is 4.76. The van der Waals surface area contributed by atoms with Gasteiger partial charge in [0.15, 0.2) is 6.10 Å². The lowest BCUT2D eigenvalue weighted by molar-refractivity contribution is -0.137. The van der Waals surface area contributed by atoms with Crippen molar-refractivity contribution in [3.63, 3.8) is 0 Å². The molecule has 0 unspecified atom stereocenters. The van der Waals surface area contributed by atoms with Gasteiger partial charge in [-0.1, -0.05) is 61.8 Å². The number of carbonyl (C=O) groups is 1. The molecule has 0 saturated heterocycles. The smallest absolute Gasteiger partial charge is 0.390 e. The summed E-state index contributed by atoms with van der Waals surface area (Å²) in [5.41, 5.74) is 1.05. The van der Waals surface area contributed by atoms with Gasteiger partial charge in [0.2, 0.25) is 5.91 Å². The molecule has 1 aliphatic heterocycles. The molecule has 0 spiro atoms. The number of benzene rings is 2.